The zero-order valence-electron chi connectivity index (χ0n) is 13.2. The molecule has 0 saturated carbocycles. The summed E-state index contributed by atoms with van der Waals surface area (Å²) in [5, 5.41) is 9.34. The number of carboxylic acids is 1. The molecule has 0 aromatic carbocycles. The molecule has 0 aliphatic heterocycles. The number of nitrogens with zero attached hydrogens (tertiary/aromatic N) is 1. The van der Waals surface area contributed by atoms with Crippen LogP contribution >= 0.6 is 0 Å². The van der Waals surface area contributed by atoms with Gasteiger partial charge >= 0.3 is 5.97 Å². The number of carboxylic acid groups (broad SMARTS) is 1. The van der Waals surface area contributed by atoms with Crippen molar-refractivity contribution in [1.82, 2.24) is 4.90 Å². The highest BCUT2D eigenvalue weighted by Crippen LogP contribution is 2.16. The van der Waals surface area contributed by atoms with E-state index in [-0.39, 0.29) is 18.3 Å². The van der Waals surface area contributed by atoms with Gasteiger partial charge in [0, 0.05) is 0 Å². The Labute approximate surface area is 125 Å². The molecule has 0 saturated heterocycles. The topological polar surface area (TPSA) is 127 Å². The second-order valence-electron chi connectivity index (χ2n) is 5.70. The van der Waals surface area contributed by atoms with Crippen molar-refractivity contribution < 1.29 is 19.5 Å². The highest BCUT2D eigenvalue weighted by molar-refractivity contribution is 6.02. The fourth-order valence-corrected chi connectivity index (χ4v) is 1.97. The molecule has 3 unspecified atom stereocenters. The summed E-state index contributed by atoms with van der Waals surface area (Å²) in [4.78, 5) is 36.6. The molecule has 0 fully saturated rings. The molecule has 0 aromatic rings. The van der Waals surface area contributed by atoms with Crippen LogP contribution in [-0.4, -0.2) is 46.4 Å². The van der Waals surface area contributed by atoms with Gasteiger partial charge in [-0.25, -0.2) is 4.79 Å². The van der Waals surface area contributed by atoms with E-state index >= 15 is 0 Å². The minimum atomic E-state index is -1.23. The van der Waals surface area contributed by atoms with Crippen LogP contribution < -0.4 is 11.5 Å². The lowest BCUT2D eigenvalue weighted by Crippen LogP contribution is -2.57. The summed E-state index contributed by atoms with van der Waals surface area (Å²) in [6.07, 6.45) is 0.819. The van der Waals surface area contributed by atoms with Gasteiger partial charge in [0.15, 0.2) is 0 Å². The highest BCUT2D eigenvalue weighted by Gasteiger charge is 2.37. The van der Waals surface area contributed by atoms with E-state index in [0.717, 1.165) is 4.90 Å². The van der Waals surface area contributed by atoms with Crippen LogP contribution in [0, 0.1) is 11.8 Å². The molecule has 0 aromatic heterocycles. The van der Waals surface area contributed by atoms with Crippen LogP contribution in [0.15, 0.2) is 0 Å². The zero-order chi connectivity index (χ0) is 16.7. The van der Waals surface area contributed by atoms with Crippen molar-refractivity contribution in [2.45, 2.75) is 52.6 Å². The highest BCUT2D eigenvalue weighted by atomic mass is 16.4. The number of carbonyl (C=O) groups is 3. The smallest absolute Gasteiger partial charge is 0.326 e. The standard InChI is InChI=1S/C14H27N3O4/c1-5-9(4)12(16)13(19)17(11(18)7-15)10(14(20)21)6-8(2)3/h8-10,12H,5-7,15-16H2,1-4H3,(H,20,21). The van der Waals surface area contributed by atoms with Gasteiger partial charge in [-0.15, -0.1) is 0 Å². The van der Waals surface area contributed by atoms with E-state index in [1.54, 1.807) is 6.92 Å². The first kappa shape index (κ1) is 19.5. The molecule has 7 heteroatoms. The molecular formula is C14H27N3O4. The molecule has 5 N–H and O–H groups in total. The van der Waals surface area contributed by atoms with E-state index in [4.69, 9.17) is 11.5 Å². The van der Waals surface area contributed by atoms with Gasteiger partial charge in [0.25, 0.3) is 0 Å². The number of imide groups is 1. The van der Waals surface area contributed by atoms with Gasteiger partial charge in [-0.2, -0.15) is 0 Å². The average Bonchev–Trinajstić information content (AvgIpc) is 2.43. The number of nitrogens with two attached hydrogens (primary N) is 2. The Morgan fingerprint density at radius 3 is 2.05 bits per heavy atom. The zero-order valence-corrected chi connectivity index (χ0v) is 13.2. The number of hydrogen-bond acceptors (Lipinski definition) is 5. The fourth-order valence-electron chi connectivity index (χ4n) is 1.97. The summed E-state index contributed by atoms with van der Waals surface area (Å²) >= 11 is 0. The largest absolute Gasteiger partial charge is 0.480 e. The molecular weight excluding hydrogens is 274 g/mol. The Balaban J connectivity index is 5.48. The average molecular weight is 301 g/mol. The monoisotopic (exact) mass is 301 g/mol. The number of amides is 2. The Hall–Kier alpha value is -1.47. The van der Waals surface area contributed by atoms with E-state index < -0.39 is 36.4 Å². The molecule has 0 radical (unpaired) electrons. The van der Waals surface area contributed by atoms with Gasteiger partial charge in [-0.05, 0) is 18.3 Å². The Kier molecular flexibility index (Phi) is 8.12. The Morgan fingerprint density at radius 2 is 1.71 bits per heavy atom. The van der Waals surface area contributed by atoms with Gasteiger partial charge in [-0.1, -0.05) is 34.1 Å². The van der Waals surface area contributed by atoms with Gasteiger partial charge in [-0.3, -0.25) is 14.5 Å². The predicted molar refractivity (Wildman–Crippen MR) is 79.2 cm³/mol. The quantitative estimate of drug-likeness (QED) is 0.586. The number of rotatable bonds is 8. The SMILES string of the molecule is CCC(C)C(N)C(=O)N(C(=O)CN)C(CC(C)C)C(=O)O. The van der Waals surface area contributed by atoms with Crippen molar-refractivity contribution in [3.63, 3.8) is 0 Å². The molecule has 0 rings (SSSR count). The summed E-state index contributed by atoms with van der Waals surface area (Å²) in [7, 11) is 0. The normalized spacial score (nSPS) is 15.4. The van der Waals surface area contributed by atoms with Gasteiger partial charge in [0.1, 0.15) is 6.04 Å². The van der Waals surface area contributed by atoms with Crippen LogP contribution in [0.2, 0.25) is 0 Å². The predicted octanol–water partition coefficient (Wildman–Crippen LogP) is 0.173. The van der Waals surface area contributed by atoms with Crippen molar-refractivity contribution >= 4 is 17.8 Å². The van der Waals surface area contributed by atoms with Crippen molar-refractivity contribution in [1.29, 1.82) is 0 Å². The Morgan fingerprint density at radius 1 is 1.19 bits per heavy atom. The Bertz CT molecular complexity index is 384. The molecule has 122 valence electrons. The summed E-state index contributed by atoms with van der Waals surface area (Å²) in [6.45, 7) is 6.86. The van der Waals surface area contributed by atoms with Crippen molar-refractivity contribution in [3.8, 4) is 0 Å². The summed E-state index contributed by atoms with van der Waals surface area (Å²) in [6, 6.07) is -2.15. The van der Waals surface area contributed by atoms with E-state index in [1.807, 2.05) is 20.8 Å². The van der Waals surface area contributed by atoms with E-state index in [0.29, 0.717) is 6.42 Å². The number of hydrogen-bond donors (Lipinski definition) is 3. The molecule has 21 heavy (non-hydrogen) atoms. The summed E-state index contributed by atoms with van der Waals surface area (Å²) in [5.41, 5.74) is 11.2. The van der Waals surface area contributed by atoms with Crippen LogP contribution in [0.5, 0.6) is 0 Å². The van der Waals surface area contributed by atoms with Gasteiger partial charge < -0.3 is 16.6 Å². The summed E-state index contributed by atoms with van der Waals surface area (Å²) in [5.74, 6) is -2.76. The van der Waals surface area contributed by atoms with E-state index in [1.165, 1.54) is 0 Å². The van der Waals surface area contributed by atoms with Crippen molar-refractivity contribution in [2.75, 3.05) is 6.54 Å². The minimum absolute atomic E-state index is 0.00629. The van der Waals surface area contributed by atoms with Crippen molar-refractivity contribution in [3.05, 3.63) is 0 Å². The molecule has 0 heterocycles. The van der Waals surface area contributed by atoms with Crippen LogP contribution in [-0.2, 0) is 14.4 Å². The van der Waals surface area contributed by atoms with E-state index in [2.05, 4.69) is 0 Å². The number of aliphatic carboxylic acids is 1. The molecule has 0 aliphatic carbocycles. The summed E-state index contributed by atoms with van der Waals surface area (Å²) < 4.78 is 0. The molecule has 0 aliphatic rings. The van der Waals surface area contributed by atoms with Crippen LogP contribution in [0.25, 0.3) is 0 Å². The lowest BCUT2D eigenvalue weighted by Gasteiger charge is -2.31. The number of carbonyl (C=O) groups excluding carboxylic acids is 2. The third-order valence-corrected chi connectivity index (χ3v) is 3.51. The third-order valence-electron chi connectivity index (χ3n) is 3.51. The first-order valence-corrected chi connectivity index (χ1v) is 7.21. The molecule has 0 bridgehead atoms. The second kappa shape index (κ2) is 8.74. The van der Waals surface area contributed by atoms with Crippen LogP contribution in [0.1, 0.15) is 40.5 Å². The maximum atomic E-state index is 12.4. The van der Waals surface area contributed by atoms with E-state index in [9.17, 15) is 19.5 Å². The first-order valence-electron chi connectivity index (χ1n) is 7.21. The molecule has 2 amide bonds. The first-order chi connectivity index (χ1) is 9.67. The molecule has 3 atom stereocenters. The molecule has 0 spiro atoms. The van der Waals surface area contributed by atoms with Crippen LogP contribution in [0.4, 0.5) is 0 Å². The minimum Gasteiger partial charge on any atom is -0.480 e. The lowest BCUT2D eigenvalue weighted by atomic mass is 9.96. The van der Waals surface area contributed by atoms with Crippen LogP contribution in [0.3, 0.4) is 0 Å². The van der Waals surface area contributed by atoms with Gasteiger partial charge in [0.2, 0.25) is 11.8 Å². The second-order valence-corrected chi connectivity index (χ2v) is 5.70. The molecule has 7 nitrogen and oxygen atoms in total. The maximum Gasteiger partial charge on any atom is 0.326 e. The van der Waals surface area contributed by atoms with Crippen molar-refractivity contribution in [2.24, 2.45) is 23.3 Å². The lowest BCUT2D eigenvalue weighted by molar-refractivity contribution is -0.159. The fraction of sp³-hybridized carbons (Fsp3) is 0.786. The third kappa shape index (κ3) is 5.43. The maximum absolute atomic E-state index is 12.4. The van der Waals surface area contributed by atoms with Gasteiger partial charge in [0.05, 0.1) is 12.6 Å².